The average Bonchev–Trinajstić information content (AvgIpc) is 3.73. The molecule has 0 bridgehead atoms. The van der Waals surface area contributed by atoms with E-state index in [9.17, 15) is 13.2 Å². The highest BCUT2D eigenvalue weighted by molar-refractivity contribution is 7.80. The maximum atomic E-state index is 13.6. The number of nitrogens with one attached hydrogen (secondary N) is 1. The Kier molecular flexibility index (Phi) is 8.04. The molecule has 6 aromatic carbocycles. The van der Waals surface area contributed by atoms with E-state index in [1.165, 1.54) is 12.1 Å². The molecule has 2 heterocycles. The summed E-state index contributed by atoms with van der Waals surface area (Å²) in [4.78, 5) is 11.0. The molecule has 1 aliphatic rings. The molecule has 1 aromatic heterocycles. The largest absolute Gasteiger partial charge is 0.416 e. The van der Waals surface area contributed by atoms with Crippen LogP contribution in [0, 0.1) is 0 Å². The Morgan fingerprint density at radius 1 is 0.660 bits per heavy atom. The van der Waals surface area contributed by atoms with Crippen molar-refractivity contribution in [1.82, 2.24) is 14.9 Å². The molecule has 0 aliphatic carbocycles. The van der Waals surface area contributed by atoms with E-state index in [4.69, 9.17) is 22.6 Å². The van der Waals surface area contributed by atoms with Crippen molar-refractivity contribution in [2.75, 3.05) is 0 Å². The number of thiol groups is 1. The van der Waals surface area contributed by atoms with E-state index in [2.05, 4.69) is 30.4 Å². The predicted molar refractivity (Wildman–Crippen MR) is 198 cm³/mol. The highest BCUT2D eigenvalue weighted by Crippen LogP contribution is 2.40. The van der Waals surface area contributed by atoms with E-state index in [-0.39, 0.29) is 12.1 Å². The average molecular weight is 681 g/mol. The van der Waals surface area contributed by atoms with Crippen molar-refractivity contribution < 1.29 is 13.2 Å². The molecule has 0 radical (unpaired) electrons. The highest BCUT2D eigenvalue weighted by atomic mass is 32.1. The van der Waals surface area contributed by atoms with Gasteiger partial charge in [-0.25, -0.2) is 4.98 Å². The van der Waals surface area contributed by atoms with Crippen molar-refractivity contribution in [3.05, 3.63) is 162 Å². The van der Waals surface area contributed by atoms with Crippen molar-refractivity contribution in [2.24, 2.45) is 4.99 Å². The SMILES string of the molecule is C[C@H]1NC(c2cccc(-c3cccc4c3nc(-c3cccc(-c5ccccc5)c3S)n4-c3ccc(C(F)(F)F)cc3)c2)=N[C@H]1c1ccccc1. The molecule has 0 amide bonds. The highest BCUT2D eigenvalue weighted by Gasteiger charge is 2.31. The second-order valence-corrected chi connectivity index (χ2v) is 12.9. The monoisotopic (exact) mass is 680 g/mol. The molecular formula is C42H31F3N4S. The van der Waals surface area contributed by atoms with E-state index in [0.29, 0.717) is 17.0 Å². The molecule has 0 fully saturated rings. The van der Waals surface area contributed by atoms with Gasteiger partial charge < -0.3 is 5.32 Å². The first kappa shape index (κ1) is 31.7. The van der Waals surface area contributed by atoms with Gasteiger partial charge in [-0.1, -0.05) is 109 Å². The number of alkyl halides is 3. The summed E-state index contributed by atoms with van der Waals surface area (Å²) in [6.45, 7) is 2.14. The lowest BCUT2D eigenvalue weighted by molar-refractivity contribution is -0.137. The lowest BCUT2D eigenvalue weighted by Crippen LogP contribution is -2.29. The van der Waals surface area contributed by atoms with Crippen LogP contribution < -0.4 is 5.32 Å². The van der Waals surface area contributed by atoms with Crippen molar-refractivity contribution in [2.45, 2.75) is 30.1 Å². The molecule has 1 aliphatic heterocycles. The van der Waals surface area contributed by atoms with Crippen molar-refractivity contribution in [1.29, 1.82) is 0 Å². The third kappa shape index (κ3) is 5.75. The minimum Gasteiger partial charge on any atom is -0.365 e. The maximum Gasteiger partial charge on any atom is 0.416 e. The molecule has 7 aromatic rings. The first-order valence-electron chi connectivity index (χ1n) is 16.3. The molecule has 8 heteroatoms. The predicted octanol–water partition coefficient (Wildman–Crippen LogP) is 10.8. The van der Waals surface area contributed by atoms with Crippen LogP contribution in [0.3, 0.4) is 0 Å². The number of nitrogens with zero attached hydrogens (tertiary/aromatic N) is 3. The number of aromatic nitrogens is 2. The lowest BCUT2D eigenvalue weighted by atomic mass is 10.0. The van der Waals surface area contributed by atoms with E-state index in [0.717, 1.165) is 67.3 Å². The minimum atomic E-state index is -4.45. The fourth-order valence-electron chi connectivity index (χ4n) is 6.74. The molecule has 0 saturated heterocycles. The van der Waals surface area contributed by atoms with E-state index in [1.807, 2.05) is 108 Å². The van der Waals surface area contributed by atoms with Crippen LogP contribution >= 0.6 is 12.6 Å². The van der Waals surface area contributed by atoms with Gasteiger partial charge in [-0.3, -0.25) is 9.56 Å². The minimum absolute atomic E-state index is 0.00218. The van der Waals surface area contributed by atoms with Gasteiger partial charge in [0.1, 0.15) is 11.7 Å². The van der Waals surface area contributed by atoms with Gasteiger partial charge in [-0.15, -0.1) is 12.6 Å². The number of aliphatic imine (C=N–C) groups is 1. The zero-order valence-electron chi connectivity index (χ0n) is 26.9. The normalized spacial score (nSPS) is 16.0. The molecule has 8 rings (SSSR count). The van der Waals surface area contributed by atoms with Crippen molar-refractivity contribution in [3.63, 3.8) is 0 Å². The standard InChI is InChI=1S/C42H31F3N4S/c1-26-37(28-13-6-3-7-14-28)47-40(46-26)30-16-8-15-29(25-30)33-17-10-20-36-38(33)48-41(49(36)32-23-21-31(22-24-32)42(43,44)45)35-19-9-18-34(39(35)50)27-11-4-2-5-12-27/h2-26,37,50H,1H3,(H,46,47)/t26-,37-/m1/s1. The van der Waals surface area contributed by atoms with E-state index in [1.54, 1.807) is 0 Å². The quantitative estimate of drug-likeness (QED) is 0.172. The summed E-state index contributed by atoms with van der Waals surface area (Å²) in [5.41, 5.74) is 7.97. The summed E-state index contributed by atoms with van der Waals surface area (Å²) in [5, 5.41) is 3.57. The number of rotatable bonds is 6. The van der Waals surface area contributed by atoms with Gasteiger partial charge >= 0.3 is 6.18 Å². The number of benzene rings is 6. The summed E-state index contributed by atoms with van der Waals surface area (Å²) in [6.07, 6.45) is -4.45. The van der Waals surface area contributed by atoms with E-state index >= 15 is 0 Å². The molecule has 0 unspecified atom stereocenters. The Labute approximate surface area is 293 Å². The van der Waals surface area contributed by atoms with Gasteiger partial charge in [-0.05, 0) is 65.6 Å². The van der Waals surface area contributed by atoms with Crippen LogP contribution in [0.1, 0.15) is 29.7 Å². The first-order valence-corrected chi connectivity index (χ1v) is 16.8. The van der Waals surface area contributed by atoms with Crippen LogP contribution in [-0.4, -0.2) is 21.4 Å². The summed E-state index contributed by atoms with van der Waals surface area (Å²) in [5.74, 6) is 1.40. The molecule has 4 nitrogen and oxygen atoms in total. The molecule has 50 heavy (non-hydrogen) atoms. The van der Waals surface area contributed by atoms with Crippen molar-refractivity contribution >= 4 is 29.5 Å². The number of halogens is 3. The smallest absolute Gasteiger partial charge is 0.365 e. The Hall–Kier alpha value is -5.60. The second kappa shape index (κ2) is 12.7. The number of hydrogen-bond donors (Lipinski definition) is 2. The molecule has 0 saturated carbocycles. The van der Waals surface area contributed by atoms with Gasteiger partial charge in [0.15, 0.2) is 0 Å². The van der Waals surface area contributed by atoms with E-state index < -0.39 is 11.7 Å². The van der Waals surface area contributed by atoms with Crippen LogP contribution in [0.25, 0.3) is 50.4 Å². The van der Waals surface area contributed by atoms with Crippen LogP contribution in [0.15, 0.2) is 155 Å². The Morgan fingerprint density at radius 3 is 2.02 bits per heavy atom. The van der Waals surface area contributed by atoms with Crippen LogP contribution in [-0.2, 0) is 6.18 Å². The number of para-hydroxylation sites is 1. The Bertz CT molecular complexity index is 2370. The zero-order chi connectivity index (χ0) is 34.4. The first-order chi connectivity index (χ1) is 24.3. The third-order valence-electron chi connectivity index (χ3n) is 9.19. The Balaban J connectivity index is 1.29. The summed E-state index contributed by atoms with van der Waals surface area (Å²) in [6, 6.07) is 45.6. The molecular weight excluding hydrogens is 650 g/mol. The number of hydrogen-bond acceptors (Lipinski definition) is 4. The number of fused-ring (bicyclic) bond motifs is 1. The third-order valence-corrected chi connectivity index (χ3v) is 9.68. The summed E-state index contributed by atoms with van der Waals surface area (Å²) >= 11 is 5.01. The number of amidine groups is 1. The van der Waals surface area contributed by atoms with Gasteiger partial charge in [-0.2, -0.15) is 13.2 Å². The maximum absolute atomic E-state index is 13.6. The van der Waals surface area contributed by atoms with Gasteiger partial charge in [0.05, 0.1) is 28.7 Å². The fourth-order valence-corrected chi connectivity index (χ4v) is 7.11. The van der Waals surface area contributed by atoms with Crippen LogP contribution in [0.2, 0.25) is 0 Å². The summed E-state index contributed by atoms with van der Waals surface area (Å²) in [7, 11) is 0. The topological polar surface area (TPSA) is 42.2 Å². The van der Waals surface area contributed by atoms with Crippen LogP contribution in [0.5, 0.6) is 0 Å². The Morgan fingerprint density at radius 2 is 1.28 bits per heavy atom. The summed E-state index contributed by atoms with van der Waals surface area (Å²) < 4.78 is 42.7. The number of imidazole rings is 1. The lowest BCUT2D eigenvalue weighted by Gasteiger charge is -2.14. The molecule has 0 spiro atoms. The van der Waals surface area contributed by atoms with Gasteiger partial charge in [0.25, 0.3) is 0 Å². The second-order valence-electron chi connectivity index (χ2n) is 12.4. The van der Waals surface area contributed by atoms with Gasteiger partial charge in [0.2, 0.25) is 0 Å². The molecule has 246 valence electrons. The fraction of sp³-hybridized carbons (Fsp3) is 0.0952. The zero-order valence-corrected chi connectivity index (χ0v) is 27.8. The van der Waals surface area contributed by atoms with Gasteiger partial charge in [0, 0.05) is 27.3 Å². The van der Waals surface area contributed by atoms with Crippen LogP contribution in [0.4, 0.5) is 13.2 Å². The molecule has 1 N–H and O–H groups in total. The van der Waals surface area contributed by atoms with Crippen molar-refractivity contribution in [3.8, 4) is 39.3 Å². The molecule has 2 atom stereocenters.